The molecule has 1 aliphatic rings. The van der Waals surface area contributed by atoms with E-state index in [0.717, 1.165) is 49.3 Å². The molecule has 0 atom stereocenters. The summed E-state index contributed by atoms with van der Waals surface area (Å²) in [7, 11) is 0. The van der Waals surface area contributed by atoms with Gasteiger partial charge in [-0.2, -0.15) is 0 Å². The van der Waals surface area contributed by atoms with Crippen molar-refractivity contribution in [2.45, 2.75) is 52.9 Å². The van der Waals surface area contributed by atoms with Crippen LogP contribution in [0.1, 0.15) is 59.9 Å². The summed E-state index contributed by atoms with van der Waals surface area (Å²) in [5.41, 5.74) is 4.68. The SMILES string of the molecule is CCc1cccc(C)c1Nc1nc(C)cc(C(=O)N2CCCCCC2)n1. The minimum absolute atomic E-state index is 0.0148. The lowest BCUT2D eigenvalue weighted by Gasteiger charge is -2.20. The molecular formula is C21H28N4O. The molecule has 1 fully saturated rings. The van der Waals surface area contributed by atoms with E-state index < -0.39 is 0 Å². The summed E-state index contributed by atoms with van der Waals surface area (Å²) >= 11 is 0. The van der Waals surface area contributed by atoms with Crippen LogP contribution in [0.15, 0.2) is 24.3 Å². The molecule has 26 heavy (non-hydrogen) atoms. The van der Waals surface area contributed by atoms with Crippen molar-refractivity contribution in [1.29, 1.82) is 0 Å². The number of para-hydroxylation sites is 1. The second kappa shape index (κ2) is 8.30. The molecule has 1 N–H and O–H groups in total. The van der Waals surface area contributed by atoms with Crippen LogP contribution in [0.25, 0.3) is 0 Å². The maximum absolute atomic E-state index is 12.9. The van der Waals surface area contributed by atoms with Gasteiger partial charge in [0.2, 0.25) is 5.95 Å². The van der Waals surface area contributed by atoms with Crippen LogP contribution in [0.3, 0.4) is 0 Å². The summed E-state index contributed by atoms with van der Waals surface area (Å²) in [5, 5.41) is 3.35. The van der Waals surface area contributed by atoms with Crippen molar-refractivity contribution in [3.05, 3.63) is 46.8 Å². The van der Waals surface area contributed by atoms with Gasteiger partial charge in [0.05, 0.1) is 0 Å². The van der Waals surface area contributed by atoms with Gasteiger partial charge in [-0.3, -0.25) is 4.79 Å². The molecule has 1 aliphatic heterocycles. The minimum Gasteiger partial charge on any atom is -0.337 e. The average molecular weight is 352 g/mol. The maximum Gasteiger partial charge on any atom is 0.272 e. The second-order valence-corrected chi connectivity index (χ2v) is 7.01. The van der Waals surface area contributed by atoms with Gasteiger partial charge in [-0.15, -0.1) is 0 Å². The van der Waals surface area contributed by atoms with E-state index in [1.165, 1.54) is 18.4 Å². The van der Waals surface area contributed by atoms with E-state index in [1.54, 1.807) is 6.07 Å². The highest BCUT2D eigenvalue weighted by atomic mass is 16.2. The Kier molecular flexibility index (Phi) is 5.86. The lowest BCUT2D eigenvalue weighted by molar-refractivity contribution is 0.0755. The van der Waals surface area contributed by atoms with E-state index in [2.05, 4.69) is 47.3 Å². The number of likely N-dealkylation sites (tertiary alicyclic amines) is 1. The van der Waals surface area contributed by atoms with Crippen molar-refractivity contribution >= 4 is 17.5 Å². The van der Waals surface area contributed by atoms with Crippen LogP contribution in [0.2, 0.25) is 0 Å². The zero-order valence-corrected chi connectivity index (χ0v) is 16.0. The maximum atomic E-state index is 12.9. The van der Waals surface area contributed by atoms with E-state index in [9.17, 15) is 4.79 Å². The van der Waals surface area contributed by atoms with Crippen molar-refractivity contribution in [2.75, 3.05) is 18.4 Å². The standard InChI is InChI=1S/C21H28N4O/c1-4-17-11-9-10-15(2)19(17)24-21-22-16(3)14-18(23-21)20(26)25-12-7-5-6-8-13-25/h9-11,14H,4-8,12-13H2,1-3H3,(H,22,23,24). The molecule has 1 aromatic carbocycles. The van der Waals surface area contributed by atoms with Crippen molar-refractivity contribution in [1.82, 2.24) is 14.9 Å². The number of rotatable bonds is 4. The number of nitrogens with zero attached hydrogens (tertiary/aromatic N) is 3. The number of anilines is 2. The summed E-state index contributed by atoms with van der Waals surface area (Å²) in [4.78, 5) is 23.9. The van der Waals surface area contributed by atoms with Gasteiger partial charge in [-0.05, 0) is 50.3 Å². The number of carbonyl (C=O) groups excluding carboxylic acids is 1. The number of hydrogen-bond acceptors (Lipinski definition) is 4. The molecule has 2 aromatic rings. The van der Waals surface area contributed by atoms with Crippen LogP contribution >= 0.6 is 0 Å². The number of amides is 1. The molecule has 2 heterocycles. The number of nitrogens with one attached hydrogen (secondary N) is 1. The summed E-state index contributed by atoms with van der Waals surface area (Å²) in [5.74, 6) is 0.508. The van der Waals surface area contributed by atoms with E-state index >= 15 is 0 Å². The Labute approximate surface area is 155 Å². The molecule has 5 heteroatoms. The fourth-order valence-corrected chi connectivity index (χ4v) is 3.48. The van der Waals surface area contributed by atoms with E-state index in [4.69, 9.17) is 0 Å². The molecule has 1 saturated heterocycles. The van der Waals surface area contributed by atoms with Crippen molar-refractivity contribution in [2.24, 2.45) is 0 Å². The summed E-state index contributed by atoms with van der Waals surface area (Å²) in [6, 6.07) is 8.02. The first-order valence-corrected chi connectivity index (χ1v) is 9.59. The van der Waals surface area contributed by atoms with Gasteiger partial charge in [0, 0.05) is 24.5 Å². The van der Waals surface area contributed by atoms with Gasteiger partial charge in [-0.1, -0.05) is 38.0 Å². The quantitative estimate of drug-likeness (QED) is 0.885. The molecule has 0 radical (unpaired) electrons. The van der Waals surface area contributed by atoms with Gasteiger partial charge < -0.3 is 10.2 Å². The van der Waals surface area contributed by atoms with Crippen LogP contribution in [0.5, 0.6) is 0 Å². The highest BCUT2D eigenvalue weighted by Crippen LogP contribution is 2.24. The Bertz CT molecular complexity index is 780. The highest BCUT2D eigenvalue weighted by Gasteiger charge is 2.20. The topological polar surface area (TPSA) is 58.1 Å². The van der Waals surface area contributed by atoms with Gasteiger partial charge in [0.1, 0.15) is 5.69 Å². The van der Waals surface area contributed by atoms with E-state index in [1.807, 2.05) is 11.8 Å². The third kappa shape index (κ3) is 4.21. The Morgan fingerprint density at radius 2 is 1.85 bits per heavy atom. The summed E-state index contributed by atoms with van der Waals surface area (Å²) in [6.07, 6.45) is 5.47. The number of benzene rings is 1. The number of hydrogen-bond donors (Lipinski definition) is 1. The predicted molar refractivity (Wildman–Crippen MR) is 105 cm³/mol. The smallest absolute Gasteiger partial charge is 0.272 e. The Morgan fingerprint density at radius 3 is 2.54 bits per heavy atom. The van der Waals surface area contributed by atoms with E-state index in [0.29, 0.717) is 11.6 Å². The summed E-state index contributed by atoms with van der Waals surface area (Å²) in [6.45, 7) is 7.75. The molecule has 5 nitrogen and oxygen atoms in total. The van der Waals surface area contributed by atoms with Crippen LogP contribution < -0.4 is 5.32 Å². The van der Waals surface area contributed by atoms with Crippen LogP contribution in [0.4, 0.5) is 11.6 Å². The normalized spacial score (nSPS) is 14.8. The fourth-order valence-electron chi connectivity index (χ4n) is 3.48. The van der Waals surface area contributed by atoms with Crippen LogP contribution in [-0.2, 0) is 6.42 Å². The number of carbonyl (C=O) groups is 1. The second-order valence-electron chi connectivity index (χ2n) is 7.01. The monoisotopic (exact) mass is 352 g/mol. The molecular weight excluding hydrogens is 324 g/mol. The molecule has 0 spiro atoms. The predicted octanol–water partition coefficient (Wildman–Crippen LogP) is 4.42. The van der Waals surface area contributed by atoms with Gasteiger partial charge in [0.25, 0.3) is 5.91 Å². The molecule has 1 amide bonds. The molecule has 0 bridgehead atoms. The minimum atomic E-state index is 0.0148. The molecule has 0 saturated carbocycles. The largest absolute Gasteiger partial charge is 0.337 e. The fraction of sp³-hybridized carbons (Fsp3) is 0.476. The molecule has 3 rings (SSSR count). The number of aromatic nitrogens is 2. The first-order valence-electron chi connectivity index (χ1n) is 9.59. The lowest BCUT2D eigenvalue weighted by Crippen LogP contribution is -2.32. The van der Waals surface area contributed by atoms with Crippen molar-refractivity contribution < 1.29 is 4.79 Å². The van der Waals surface area contributed by atoms with Gasteiger partial charge in [-0.25, -0.2) is 9.97 Å². The number of aryl methyl sites for hydroxylation is 3. The Morgan fingerprint density at radius 1 is 1.12 bits per heavy atom. The zero-order valence-electron chi connectivity index (χ0n) is 16.0. The first kappa shape index (κ1) is 18.4. The Hall–Kier alpha value is -2.43. The van der Waals surface area contributed by atoms with Crippen LogP contribution in [-0.4, -0.2) is 33.9 Å². The van der Waals surface area contributed by atoms with Crippen LogP contribution in [0, 0.1) is 13.8 Å². The first-order chi connectivity index (χ1) is 12.6. The third-order valence-corrected chi connectivity index (χ3v) is 4.94. The third-order valence-electron chi connectivity index (χ3n) is 4.94. The van der Waals surface area contributed by atoms with Crippen molar-refractivity contribution in [3.63, 3.8) is 0 Å². The van der Waals surface area contributed by atoms with Gasteiger partial charge >= 0.3 is 0 Å². The van der Waals surface area contributed by atoms with Crippen molar-refractivity contribution in [3.8, 4) is 0 Å². The molecule has 0 aliphatic carbocycles. The molecule has 138 valence electrons. The average Bonchev–Trinajstić information content (AvgIpc) is 2.91. The Balaban J connectivity index is 1.87. The highest BCUT2D eigenvalue weighted by molar-refractivity contribution is 5.92. The van der Waals surface area contributed by atoms with E-state index in [-0.39, 0.29) is 5.91 Å². The molecule has 1 aromatic heterocycles. The van der Waals surface area contributed by atoms with Gasteiger partial charge in [0.15, 0.2) is 0 Å². The zero-order chi connectivity index (χ0) is 18.5. The lowest BCUT2D eigenvalue weighted by atomic mass is 10.1. The summed E-state index contributed by atoms with van der Waals surface area (Å²) < 4.78 is 0. The molecule has 0 unspecified atom stereocenters.